The van der Waals surface area contributed by atoms with Crippen molar-refractivity contribution in [2.75, 3.05) is 18.4 Å². The second kappa shape index (κ2) is 6.28. The summed E-state index contributed by atoms with van der Waals surface area (Å²) in [6.45, 7) is 1.38. The third kappa shape index (κ3) is 2.72. The van der Waals surface area contributed by atoms with Crippen molar-refractivity contribution in [2.24, 2.45) is 11.8 Å². The molecule has 2 saturated carbocycles. The highest BCUT2D eigenvalue weighted by molar-refractivity contribution is 5.97. The minimum absolute atomic E-state index is 0.0392. The topological polar surface area (TPSA) is 102 Å². The number of nitrogens with zero attached hydrogens (tertiary/aromatic N) is 3. The van der Waals surface area contributed by atoms with Crippen molar-refractivity contribution in [1.82, 2.24) is 14.9 Å². The number of rotatable bonds is 5. The molecule has 0 radical (unpaired) electrons. The molecule has 28 heavy (non-hydrogen) atoms. The second-order valence-electron chi connectivity index (χ2n) is 7.98. The Morgan fingerprint density at radius 1 is 1.46 bits per heavy atom. The summed E-state index contributed by atoms with van der Waals surface area (Å²) in [5.41, 5.74) is 2.40. The third-order valence-corrected chi connectivity index (χ3v) is 6.21. The van der Waals surface area contributed by atoms with E-state index in [2.05, 4.69) is 32.3 Å². The van der Waals surface area contributed by atoms with Crippen LogP contribution in [0, 0.1) is 23.2 Å². The van der Waals surface area contributed by atoms with Gasteiger partial charge in [0.2, 0.25) is 5.91 Å². The minimum atomic E-state index is -0.595. The van der Waals surface area contributed by atoms with Crippen LogP contribution in [0.5, 0.6) is 0 Å². The summed E-state index contributed by atoms with van der Waals surface area (Å²) in [4.78, 5) is 33.5. The molecule has 1 aliphatic heterocycles. The number of hydrogen-bond donors (Lipinski definition) is 2. The van der Waals surface area contributed by atoms with Gasteiger partial charge >= 0.3 is 0 Å². The molecule has 5 rings (SSSR count). The van der Waals surface area contributed by atoms with Crippen LogP contribution in [0.25, 0.3) is 16.6 Å². The molecule has 3 aliphatic rings. The first kappa shape index (κ1) is 17.1. The monoisotopic (exact) mass is 375 g/mol. The zero-order valence-corrected chi connectivity index (χ0v) is 15.4. The number of aromatic nitrogens is 2. The van der Waals surface area contributed by atoms with Crippen LogP contribution in [0.1, 0.15) is 31.2 Å². The van der Waals surface area contributed by atoms with E-state index in [1.54, 1.807) is 0 Å². The van der Waals surface area contributed by atoms with Crippen molar-refractivity contribution in [3.8, 4) is 6.07 Å². The maximum absolute atomic E-state index is 12.1. The summed E-state index contributed by atoms with van der Waals surface area (Å²) in [7, 11) is 0. The Balaban J connectivity index is 1.43. The van der Waals surface area contributed by atoms with Gasteiger partial charge in [0.1, 0.15) is 17.8 Å². The summed E-state index contributed by atoms with van der Waals surface area (Å²) in [6.07, 6.45) is 8.25. The molecule has 142 valence electrons. The first-order chi connectivity index (χ1) is 13.6. The van der Waals surface area contributed by atoms with Gasteiger partial charge < -0.3 is 15.1 Å². The van der Waals surface area contributed by atoms with E-state index in [1.165, 1.54) is 5.57 Å². The highest BCUT2D eigenvalue weighted by atomic mass is 16.2. The van der Waals surface area contributed by atoms with Gasteiger partial charge in [0, 0.05) is 30.6 Å². The maximum Gasteiger partial charge on any atom is 0.228 e. The van der Waals surface area contributed by atoms with Crippen molar-refractivity contribution in [3.05, 3.63) is 30.0 Å². The Bertz CT molecular complexity index is 1040. The molecular weight excluding hydrogens is 354 g/mol. The number of aldehydes is 1. The number of carbonyl (C=O) groups excluding carboxylic acids is 2. The lowest BCUT2D eigenvalue weighted by molar-refractivity contribution is -0.117. The van der Waals surface area contributed by atoms with Crippen LogP contribution in [0.3, 0.4) is 0 Å². The maximum atomic E-state index is 12.1. The number of hydrogen-bond acceptors (Lipinski definition) is 5. The number of fused-ring (bicyclic) bond motifs is 1. The summed E-state index contributed by atoms with van der Waals surface area (Å²) in [5, 5.41) is 13.1. The molecule has 0 bridgehead atoms. The summed E-state index contributed by atoms with van der Waals surface area (Å²) in [5.74, 6) is 0.540. The second-order valence-corrected chi connectivity index (χ2v) is 7.98. The van der Waals surface area contributed by atoms with Gasteiger partial charge in [-0.25, -0.2) is 4.98 Å². The summed E-state index contributed by atoms with van der Waals surface area (Å²) < 4.78 is 0. The number of nitriles is 1. The van der Waals surface area contributed by atoms with Crippen LogP contribution in [0.4, 0.5) is 5.82 Å². The Kier molecular flexibility index (Phi) is 3.84. The minimum Gasteiger partial charge on any atom is -0.346 e. The number of H-pyrrole nitrogens is 1. The highest BCUT2D eigenvalue weighted by Crippen LogP contribution is 2.47. The standard InChI is InChI=1S/C21H21N5O2/c22-11-15-10-21(15,12-27)26-7-4-13(5-8-26)17-9-18(25-20(28)14-1-2-14)24-19-16(17)3-6-23-19/h3-4,6,9,12,14-15H,1-2,5,7-8,10H2,(H2,23,24,25,28)/t15-,21-/m1/s1. The van der Waals surface area contributed by atoms with Gasteiger partial charge in [-0.05, 0) is 49.0 Å². The molecule has 2 aliphatic carbocycles. The zero-order chi connectivity index (χ0) is 19.3. The number of anilines is 1. The number of aromatic amines is 1. The summed E-state index contributed by atoms with van der Waals surface area (Å²) in [6, 6.07) is 6.18. The Morgan fingerprint density at radius 2 is 2.32 bits per heavy atom. The zero-order valence-electron chi connectivity index (χ0n) is 15.4. The highest BCUT2D eigenvalue weighted by Gasteiger charge is 2.59. The largest absolute Gasteiger partial charge is 0.346 e. The van der Waals surface area contributed by atoms with E-state index in [0.717, 1.165) is 48.7 Å². The van der Waals surface area contributed by atoms with Gasteiger partial charge in [0.25, 0.3) is 0 Å². The van der Waals surface area contributed by atoms with Gasteiger partial charge in [-0.3, -0.25) is 9.69 Å². The number of carbonyl (C=O) groups is 2. The molecule has 0 spiro atoms. The van der Waals surface area contributed by atoms with E-state index in [-0.39, 0.29) is 17.7 Å². The first-order valence-electron chi connectivity index (χ1n) is 9.74. The lowest BCUT2D eigenvalue weighted by atomic mass is 9.96. The fourth-order valence-corrected chi connectivity index (χ4v) is 4.21. The van der Waals surface area contributed by atoms with Crippen molar-refractivity contribution >= 4 is 34.6 Å². The van der Waals surface area contributed by atoms with Crippen LogP contribution in [-0.2, 0) is 9.59 Å². The van der Waals surface area contributed by atoms with Gasteiger partial charge in [-0.1, -0.05) is 6.08 Å². The molecule has 7 heteroatoms. The van der Waals surface area contributed by atoms with Gasteiger partial charge in [0.05, 0.1) is 17.5 Å². The van der Waals surface area contributed by atoms with E-state index in [1.807, 2.05) is 18.3 Å². The molecular formula is C21H21N5O2. The lowest BCUT2D eigenvalue weighted by Gasteiger charge is -2.31. The van der Waals surface area contributed by atoms with Gasteiger partial charge in [-0.15, -0.1) is 0 Å². The molecule has 2 aromatic heterocycles. The fraction of sp³-hybridized carbons (Fsp3) is 0.429. The van der Waals surface area contributed by atoms with E-state index < -0.39 is 5.54 Å². The number of pyridine rings is 1. The van der Waals surface area contributed by atoms with E-state index in [4.69, 9.17) is 0 Å². The van der Waals surface area contributed by atoms with E-state index in [0.29, 0.717) is 18.8 Å². The Morgan fingerprint density at radius 3 is 2.96 bits per heavy atom. The Labute approximate surface area is 162 Å². The fourth-order valence-electron chi connectivity index (χ4n) is 4.21. The Hall–Kier alpha value is -2.98. The average molecular weight is 375 g/mol. The summed E-state index contributed by atoms with van der Waals surface area (Å²) >= 11 is 0. The average Bonchev–Trinajstić information content (AvgIpc) is 3.63. The number of amides is 1. The van der Waals surface area contributed by atoms with E-state index in [9.17, 15) is 14.9 Å². The smallest absolute Gasteiger partial charge is 0.228 e. The first-order valence-corrected chi connectivity index (χ1v) is 9.74. The van der Waals surface area contributed by atoms with Crippen LogP contribution in [0.15, 0.2) is 24.4 Å². The molecule has 2 atom stereocenters. The predicted octanol–water partition coefficient (Wildman–Crippen LogP) is 2.48. The predicted molar refractivity (Wildman–Crippen MR) is 104 cm³/mol. The van der Waals surface area contributed by atoms with Crippen molar-refractivity contribution < 1.29 is 9.59 Å². The van der Waals surface area contributed by atoms with Crippen LogP contribution >= 0.6 is 0 Å². The molecule has 0 aromatic carbocycles. The van der Waals surface area contributed by atoms with Crippen LogP contribution in [0.2, 0.25) is 0 Å². The van der Waals surface area contributed by atoms with Crippen LogP contribution < -0.4 is 5.32 Å². The van der Waals surface area contributed by atoms with Crippen molar-refractivity contribution in [3.63, 3.8) is 0 Å². The van der Waals surface area contributed by atoms with Crippen molar-refractivity contribution in [1.29, 1.82) is 5.26 Å². The van der Waals surface area contributed by atoms with E-state index >= 15 is 0 Å². The molecule has 1 amide bonds. The molecule has 3 heterocycles. The molecule has 0 unspecified atom stereocenters. The molecule has 2 fully saturated rings. The lowest BCUT2D eigenvalue weighted by Crippen LogP contribution is -2.42. The molecule has 0 saturated heterocycles. The SMILES string of the molecule is N#C[C@H]1C[C@]1(C=O)N1CC=C(c2cc(NC(=O)C3CC3)nc3[nH]ccc23)CC1. The van der Waals surface area contributed by atoms with Crippen molar-refractivity contribution in [2.45, 2.75) is 31.2 Å². The molecule has 2 aromatic rings. The van der Waals surface area contributed by atoms with Gasteiger partial charge in [-0.2, -0.15) is 5.26 Å². The quantitative estimate of drug-likeness (QED) is 0.782. The molecule has 2 N–H and O–H groups in total. The molecule has 7 nitrogen and oxygen atoms in total. The number of nitrogens with one attached hydrogen (secondary N) is 2. The van der Waals surface area contributed by atoms with Crippen LogP contribution in [-0.4, -0.2) is 45.7 Å². The van der Waals surface area contributed by atoms with Gasteiger partial charge in [0.15, 0.2) is 0 Å². The third-order valence-electron chi connectivity index (χ3n) is 6.21. The normalized spacial score (nSPS) is 27.1.